The minimum atomic E-state index is -0.669. The average molecular weight is 343 g/mol. The van der Waals surface area contributed by atoms with Gasteiger partial charge in [-0.25, -0.2) is 9.67 Å². The molecule has 0 saturated heterocycles. The predicted octanol–water partition coefficient (Wildman–Crippen LogP) is 2.31. The minimum Gasteiger partial charge on any atom is -0.508 e. The largest absolute Gasteiger partial charge is 0.508 e. The van der Waals surface area contributed by atoms with Gasteiger partial charge in [0, 0.05) is 16.6 Å². The number of aromatic hydroxyl groups is 1. The molecule has 5 N–H and O–H groups in total. The fraction of sp³-hybridized carbons (Fsp3) is 0.188. The van der Waals surface area contributed by atoms with Crippen LogP contribution in [0.25, 0.3) is 16.4 Å². The van der Waals surface area contributed by atoms with Gasteiger partial charge in [0.2, 0.25) is 0 Å². The zero-order valence-electron chi connectivity index (χ0n) is 13.5. The second-order valence-electron chi connectivity index (χ2n) is 5.55. The van der Waals surface area contributed by atoms with Crippen molar-refractivity contribution in [2.75, 3.05) is 5.73 Å². The molecule has 2 heterocycles. The van der Waals surface area contributed by atoms with Gasteiger partial charge in [-0.1, -0.05) is 6.07 Å². The molecule has 24 heavy (non-hydrogen) atoms. The monoisotopic (exact) mass is 343 g/mol. The van der Waals surface area contributed by atoms with Crippen LogP contribution in [0.5, 0.6) is 5.75 Å². The Morgan fingerprint density at radius 3 is 2.58 bits per heavy atom. The standard InChI is InChI=1S/C16H17N5O2S/c1-7-4-5-10(22)9(3)13(7)21-14(17)11(15(18)23)12(20-21)16-19-8(2)6-24-16/h4-6,22H,17H2,1-3H3,(H2,18,23). The molecule has 1 amide bonds. The summed E-state index contributed by atoms with van der Waals surface area (Å²) in [4.78, 5) is 16.3. The first-order valence-electron chi connectivity index (χ1n) is 7.21. The molecule has 0 unspecified atom stereocenters. The van der Waals surface area contributed by atoms with Crippen LogP contribution in [0.2, 0.25) is 0 Å². The molecule has 3 rings (SSSR count). The molecular weight excluding hydrogens is 326 g/mol. The van der Waals surface area contributed by atoms with Crippen LogP contribution >= 0.6 is 11.3 Å². The van der Waals surface area contributed by atoms with E-state index in [0.29, 0.717) is 22.0 Å². The van der Waals surface area contributed by atoms with E-state index in [9.17, 15) is 9.90 Å². The van der Waals surface area contributed by atoms with Gasteiger partial charge in [-0.05, 0) is 32.4 Å². The summed E-state index contributed by atoms with van der Waals surface area (Å²) in [5.74, 6) is -0.419. The Balaban J connectivity index is 2.32. The maximum absolute atomic E-state index is 11.9. The summed E-state index contributed by atoms with van der Waals surface area (Å²) < 4.78 is 1.44. The second kappa shape index (κ2) is 5.64. The first-order valence-corrected chi connectivity index (χ1v) is 8.09. The smallest absolute Gasteiger partial charge is 0.254 e. The number of nitrogen functional groups attached to an aromatic ring is 1. The number of aryl methyl sites for hydroxylation is 2. The summed E-state index contributed by atoms with van der Waals surface area (Å²) >= 11 is 1.36. The van der Waals surface area contributed by atoms with Crippen molar-refractivity contribution in [2.45, 2.75) is 20.8 Å². The van der Waals surface area contributed by atoms with E-state index >= 15 is 0 Å². The summed E-state index contributed by atoms with van der Waals surface area (Å²) in [7, 11) is 0. The van der Waals surface area contributed by atoms with E-state index in [4.69, 9.17) is 11.5 Å². The highest BCUT2D eigenvalue weighted by atomic mass is 32.1. The van der Waals surface area contributed by atoms with E-state index in [0.717, 1.165) is 11.3 Å². The third kappa shape index (κ3) is 2.41. The molecular formula is C16H17N5O2S. The number of benzene rings is 1. The van der Waals surface area contributed by atoms with Crippen molar-refractivity contribution in [3.05, 3.63) is 39.9 Å². The number of nitrogens with zero attached hydrogens (tertiary/aromatic N) is 3. The number of phenols is 1. The number of hydrogen-bond acceptors (Lipinski definition) is 6. The van der Waals surface area contributed by atoms with Crippen molar-refractivity contribution < 1.29 is 9.90 Å². The number of aromatic nitrogens is 3. The van der Waals surface area contributed by atoms with Crippen molar-refractivity contribution in [3.63, 3.8) is 0 Å². The SMILES string of the molecule is Cc1csc(-c2nn(-c3c(C)ccc(O)c3C)c(N)c2C(N)=O)n1. The lowest BCUT2D eigenvalue weighted by Crippen LogP contribution is -2.14. The molecule has 8 heteroatoms. The second-order valence-corrected chi connectivity index (χ2v) is 6.41. The van der Waals surface area contributed by atoms with Gasteiger partial charge in [-0.15, -0.1) is 11.3 Å². The van der Waals surface area contributed by atoms with Gasteiger partial charge in [0.25, 0.3) is 5.91 Å². The molecule has 0 aliphatic rings. The Kier molecular flexibility index (Phi) is 3.76. The molecule has 0 radical (unpaired) electrons. The first-order chi connectivity index (χ1) is 11.3. The van der Waals surface area contributed by atoms with E-state index in [2.05, 4.69) is 10.1 Å². The lowest BCUT2D eigenvalue weighted by atomic mass is 10.1. The van der Waals surface area contributed by atoms with Crippen molar-refractivity contribution >= 4 is 23.1 Å². The highest BCUT2D eigenvalue weighted by Gasteiger charge is 2.25. The first kappa shape index (κ1) is 16.0. The average Bonchev–Trinajstić information content (AvgIpc) is 3.08. The van der Waals surface area contributed by atoms with E-state index in [1.54, 1.807) is 19.1 Å². The van der Waals surface area contributed by atoms with Crippen molar-refractivity contribution in [1.82, 2.24) is 14.8 Å². The lowest BCUT2D eigenvalue weighted by molar-refractivity contribution is 0.100. The molecule has 0 aliphatic heterocycles. The molecule has 0 aliphatic carbocycles. The van der Waals surface area contributed by atoms with E-state index < -0.39 is 5.91 Å². The van der Waals surface area contributed by atoms with Crippen LogP contribution in [-0.2, 0) is 0 Å². The van der Waals surface area contributed by atoms with Gasteiger partial charge in [-0.3, -0.25) is 4.79 Å². The van der Waals surface area contributed by atoms with Crippen LogP contribution in [0.15, 0.2) is 17.5 Å². The third-order valence-electron chi connectivity index (χ3n) is 3.81. The predicted molar refractivity (Wildman–Crippen MR) is 93.5 cm³/mol. The quantitative estimate of drug-likeness (QED) is 0.674. The molecule has 0 bridgehead atoms. The number of anilines is 1. The van der Waals surface area contributed by atoms with Gasteiger partial charge in [0.1, 0.15) is 27.8 Å². The van der Waals surface area contributed by atoms with Crippen LogP contribution in [-0.4, -0.2) is 25.8 Å². The molecule has 7 nitrogen and oxygen atoms in total. The Morgan fingerprint density at radius 1 is 1.29 bits per heavy atom. The summed E-state index contributed by atoms with van der Waals surface area (Å²) in [6, 6.07) is 3.36. The van der Waals surface area contributed by atoms with Gasteiger partial charge in [-0.2, -0.15) is 5.10 Å². The summed E-state index contributed by atoms with van der Waals surface area (Å²) in [6.45, 7) is 5.49. The molecule has 0 saturated carbocycles. The molecule has 0 spiro atoms. The third-order valence-corrected chi connectivity index (χ3v) is 4.77. The van der Waals surface area contributed by atoms with Crippen LogP contribution in [0.3, 0.4) is 0 Å². The van der Waals surface area contributed by atoms with Crippen molar-refractivity contribution in [3.8, 4) is 22.1 Å². The fourth-order valence-corrected chi connectivity index (χ4v) is 3.39. The molecule has 0 fully saturated rings. The maximum Gasteiger partial charge on any atom is 0.254 e. The van der Waals surface area contributed by atoms with Crippen LogP contribution in [0.1, 0.15) is 27.2 Å². The van der Waals surface area contributed by atoms with Crippen molar-refractivity contribution in [2.24, 2.45) is 5.73 Å². The minimum absolute atomic E-state index is 0.123. The maximum atomic E-state index is 11.9. The summed E-state index contributed by atoms with van der Waals surface area (Å²) in [5, 5.41) is 16.9. The number of rotatable bonds is 3. The summed E-state index contributed by atoms with van der Waals surface area (Å²) in [6.07, 6.45) is 0. The van der Waals surface area contributed by atoms with E-state index in [1.165, 1.54) is 16.0 Å². The number of carbonyl (C=O) groups is 1. The fourth-order valence-electron chi connectivity index (χ4n) is 2.61. The Bertz CT molecular complexity index is 958. The Labute approximate surface area is 142 Å². The normalized spacial score (nSPS) is 11.0. The van der Waals surface area contributed by atoms with Gasteiger partial charge < -0.3 is 16.6 Å². The zero-order valence-corrected chi connectivity index (χ0v) is 14.3. The molecule has 3 aromatic rings. The highest BCUT2D eigenvalue weighted by molar-refractivity contribution is 7.13. The van der Waals surface area contributed by atoms with Crippen LogP contribution in [0.4, 0.5) is 5.82 Å². The Morgan fingerprint density at radius 2 is 2.00 bits per heavy atom. The molecule has 2 aromatic heterocycles. The lowest BCUT2D eigenvalue weighted by Gasteiger charge is -2.12. The van der Waals surface area contributed by atoms with E-state index in [-0.39, 0.29) is 17.1 Å². The Hall–Kier alpha value is -2.87. The van der Waals surface area contributed by atoms with Gasteiger partial charge in [0.15, 0.2) is 0 Å². The summed E-state index contributed by atoms with van der Waals surface area (Å²) in [5.41, 5.74) is 15.1. The van der Waals surface area contributed by atoms with Gasteiger partial charge >= 0.3 is 0 Å². The van der Waals surface area contributed by atoms with Gasteiger partial charge in [0.05, 0.1) is 5.69 Å². The molecule has 124 valence electrons. The molecule has 0 atom stereocenters. The number of primary amides is 1. The molecule has 1 aromatic carbocycles. The van der Waals surface area contributed by atoms with Crippen molar-refractivity contribution in [1.29, 1.82) is 0 Å². The number of amides is 1. The number of carbonyl (C=O) groups excluding carboxylic acids is 1. The topological polar surface area (TPSA) is 120 Å². The number of thiazole rings is 1. The van der Waals surface area contributed by atoms with Crippen LogP contribution in [0, 0.1) is 20.8 Å². The number of nitrogens with two attached hydrogens (primary N) is 2. The zero-order chi connectivity index (χ0) is 17.6. The number of phenolic OH excluding ortho intramolecular Hbond substituents is 1. The van der Waals surface area contributed by atoms with E-state index in [1.807, 2.05) is 19.2 Å². The number of hydrogen-bond donors (Lipinski definition) is 3. The highest BCUT2D eigenvalue weighted by Crippen LogP contribution is 2.34. The van der Waals surface area contributed by atoms with Crippen LogP contribution < -0.4 is 11.5 Å².